The van der Waals surface area contributed by atoms with Gasteiger partial charge in [-0.05, 0) is 51.3 Å². The van der Waals surface area contributed by atoms with Crippen molar-refractivity contribution in [3.8, 4) is 0 Å². The summed E-state index contributed by atoms with van der Waals surface area (Å²) >= 11 is 2.75. The number of thiophene rings is 1. The zero-order valence-corrected chi connectivity index (χ0v) is 19.7. The maximum absolute atomic E-state index is 14.5. The van der Waals surface area contributed by atoms with Gasteiger partial charge in [0.25, 0.3) is 5.56 Å². The lowest BCUT2D eigenvalue weighted by atomic mass is 10.2. The fraction of sp³-hybridized carbons (Fsp3) is 0.409. The van der Waals surface area contributed by atoms with Gasteiger partial charge < -0.3 is 15.2 Å². The first-order valence-electron chi connectivity index (χ1n) is 10.4. The van der Waals surface area contributed by atoms with Crippen LogP contribution in [0.4, 0.5) is 20.2 Å². The van der Waals surface area contributed by atoms with E-state index in [-0.39, 0.29) is 22.8 Å². The number of thioether (sulfide) groups is 1. The van der Waals surface area contributed by atoms with Gasteiger partial charge in [0.15, 0.2) is 11.6 Å². The standard InChI is InChI=1S/C22H24F2N4O2S2/c1-11-12(2)32-22-18(11)21(30)26-17(27-22)10-31-13(3)20(29)25-14-8-15(23)19(16(24)9-14)28-6-4-5-7-28/h8-9,13H,4-7,10H2,1-3H3,(H,25,29)(H,26,27,30)/t13-/m0/s1. The highest BCUT2D eigenvalue weighted by atomic mass is 32.2. The molecule has 0 unspecified atom stereocenters. The summed E-state index contributed by atoms with van der Waals surface area (Å²) in [4.78, 5) is 35.6. The van der Waals surface area contributed by atoms with Gasteiger partial charge in [0, 0.05) is 23.7 Å². The second kappa shape index (κ2) is 9.19. The van der Waals surface area contributed by atoms with Crippen molar-refractivity contribution in [3.05, 3.63) is 50.4 Å². The quantitative estimate of drug-likeness (QED) is 0.535. The normalized spacial score (nSPS) is 14.8. The minimum Gasteiger partial charge on any atom is -0.367 e. The molecule has 32 heavy (non-hydrogen) atoms. The van der Waals surface area contributed by atoms with E-state index in [4.69, 9.17) is 0 Å². The van der Waals surface area contributed by atoms with Crippen LogP contribution in [0.1, 0.15) is 36.0 Å². The lowest BCUT2D eigenvalue weighted by Gasteiger charge is -2.20. The highest BCUT2D eigenvalue weighted by Crippen LogP contribution is 2.30. The number of hydrogen-bond acceptors (Lipinski definition) is 6. The van der Waals surface area contributed by atoms with Crippen molar-refractivity contribution in [2.75, 3.05) is 23.3 Å². The van der Waals surface area contributed by atoms with E-state index in [0.717, 1.165) is 35.4 Å². The molecule has 3 heterocycles. The number of benzene rings is 1. The van der Waals surface area contributed by atoms with Crippen LogP contribution in [-0.2, 0) is 10.5 Å². The fourth-order valence-electron chi connectivity index (χ4n) is 3.77. The van der Waals surface area contributed by atoms with Crippen molar-refractivity contribution in [1.29, 1.82) is 0 Å². The molecular formula is C22H24F2N4O2S2. The Morgan fingerprint density at radius 3 is 2.59 bits per heavy atom. The van der Waals surface area contributed by atoms with Gasteiger partial charge in [0.1, 0.15) is 16.3 Å². The Hall–Kier alpha value is -2.46. The number of anilines is 2. The maximum atomic E-state index is 14.5. The molecule has 170 valence electrons. The third-order valence-electron chi connectivity index (χ3n) is 5.63. The molecule has 1 atom stereocenters. The average Bonchev–Trinajstić information content (AvgIpc) is 3.34. The molecule has 0 spiro atoms. The summed E-state index contributed by atoms with van der Waals surface area (Å²) in [6.07, 6.45) is 1.82. The highest BCUT2D eigenvalue weighted by Gasteiger charge is 2.22. The minimum atomic E-state index is -0.681. The van der Waals surface area contributed by atoms with Gasteiger partial charge >= 0.3 is 0 Å². The van der Waals surface area contributed by atoms with Gasteiger partial charge in [0.2, 0.25) is 5.91 Å². The molecule has 1 aliphatic rings. The van der Waals surface area contributed by atoms with E-state index >= 15 is 0 Å². The van der Waals surface area contributed by atoms with Gasteiger partial charge in [-0.15, -0.1) is 23.1 Å². The van der Waals surface area contributed by atoms with Gasteiger partial charge in [0.05, 0.1) is 16.4 Å². The van der Waals surface area contributed by atoms with Crippen LogP contribution in [0.3, 0.4) is 0 Å². The van der Waals surface area contributed by atoms with Crippen LogP contribution in [0.15, 0.2) is 16.9 Å². The average molecular weight is 479 g/mol. The number of aromatic amines is 1. The molecular weight excluding hydrogens is 454 g/mol. The van der Waals surface area contributed by atoms with Crippen LogP contribution < -0.4 is 15.8 Å². The summed E-state index contributed by atoms with van der Waals surface area (Å²) in [5.41, 5.74) is 0.791. The third kappa shape index (κ3) is 4.52. The predicted molar refractivity (Wildman–Crippen MR) is 127 cm³/mol. The number of hydrogen-bond donors (Lipinski definition) is 2. The first-order valence-corrected chi connectivity index (χ1v) is 12.3. The Bertz CT molecular complexity index is 1210. The maximum Gasteiger partial charge on any atom is 0.259 e. The van der Waals surface area contributed by atoms with Crippen molar-refractivity contribution in [3.63, 3.8) is 0 Å². The van der Waals surface area contributed by atoms with Crippen molar-refractivity contribution in [2.45, 2.75) is 44.6 Å². The summed E-state index contributed by atoms with van der Waals surface area (Å²) in [5, 5.41) is 2.66. The number of H-pyrrole nitrogens is 1. The molecule has 2 aromatic heterocycles. The minimum absolute atomic E-state index is 0.0348. The van der Waals surface area contributed by atoms with Crippen LogP contribution in [0, 0.1) is 25.5 Å². The lowest BCUT2D eigenvalue weighted by Crippen LogP contribution is -2.24. The topological polar surface area (TPSA) is 78.1 Å². The SMILES string of the molecule is Cc1sc2nc(CS[C@@H](C)C(=O)Nc3cc(F)c(N4CCCC4)c(F)c3)[nH]c(=O)c2c1C. The zero-order chi connectivity index (χ0) is 23.0. The number of halogens is 2. The molecule has 0 radical (unpaired) electrons. The highest BCUT2D eigenvalue weighted by molar-refractivity contribution is 7.99. The van der Waals surface area contributed by atoms with E-state index in [1.54, 1.807) is 11.8 Å². The van der Waals surface area contributed by atoms with Gasteiger partial charge in [-0.2, -0.15) is 0 Å². The summed E-state index contributed by atoms with van der Waals surface area (Å²) in [5.74, 6) is -0.931. The number of aromatic nitrogens is 2. The fourth-order valence-corrected chi connectivity index (χ4v) is 5.58. The van der Waals surface area contributed by atoms with Crippen molar-refractivity contribution >= 4 is 50.6 Å². The monoisotopic (exact) mass is 478 g/mol. The van der Waals surface area contributed by atoms with Gasteiger partial charge in [-0.25, -0.2) is 13.8 Å². The number of nitrogens with zero attached hydrogens (tertiary/aromatic N) is 2. The molecule has 0 bridgehead atoms. The summed E-state index contributed by atoms with van der Waals surface area (Å²) in [6, 6.07) is 2.31. The van der Waals surface area contributed by atoms with Crippen molar-refractivity contribution in [2.24, 2.45) is 0 Å². The Morgan fingerprint density at radius 2 is 1.94 bits per heavy atom. The Morgan fingerprint density at radius 1 is 1.28 bits per heavy atom. The van der Waals surface area contributed by atoms with Crippen LogP contribution in [0.2, 0.25) is 0 Å². The Kier molecular flexibility index (Phi) is 6.52. The molecule has 4 rings (SSSR count). The van der Waals surface area contributed by atoms with E-state index < -0.39 is 16.9 Å². The summed E-state index contributed by atoms with van der Waals surface area (Å²) in [7, 11) is 0. The number of aryl methyl sites for hydroxylation is 2. The van der Waals surface area contributed by atoms with E-state index in [9.17, 15) is 18.4 Å². The molecule has 1 aromatic carbocycles. The molecule has 10 heteroatoms. The van der Waals surface area contributed by atoms with Gasteiger partial charge in [-0.1, -0.05) is 0 Å². The van der Waals surface area contributed by atoms with Crippen LogP contribution in [-0.4, -0.2) is 34.2 Å². The first-order chi connectivity index (χ1) is 15.2. The van der Waals surface area contributed by atoms with E-state index in [1.165, 1.54) is 23.1 Å². The number of carbonyl (C=O) groups is 1. The second-order valence-electron chi connectivity index (χ2n) is 7.90. The van der Waals surface area contributed by atoms with E-state index in [0.29, 0.717) is 34.9 Å². The Labute approximate surface area is 192 Å². The molecule has 1 aliphatic heterocycles. The number of nitrogens with one attached hydrogen (secondary N) is 2. The van der Waals surface area contributed by atoms with Gasteiger partial charge in [-0.3, -0.25) is 9.59 Å². The van der Waals surface area contributed by atoms with E-state index in [2.05, 4.69) is 15.3 Å². The summed E-state index contributed by atoms with van der Waals surface area (Å²) in [6.45, 7) is 6.79. The molecule has 1 saturated heterocycles. The van der Waals surface area contributed by atoms with Crippen LogP contribution >= 0.6 is 23.1 Å². The molecule has 0 aliphatic carbocycles. The smallest absolute Gasteiger partial charge is 0.259 e. The number of rotatable bonds is 6. The third-order valence-corrected chi connectivity index (χ3v) is 7.89. The zero-order valence-electron chi connectivity index (χ0n) is 18.1. The molecule has 1 amide bonds. The number of carbonyl (C=O) groups excluding carboxylic acids is 1. The Balaban J connectivity index is 1.41. The number of amides is 1. The molecule has 1 fully saturated rings. The largest absolute Gasteiger partial charge is 0.367 e. The van der Waals surface area contributed by atoms with Crippen LogP contribution in [0.25, 0.3) is 10.2 Å². The second-order valence-corrected chi connectivity index (χ2v) is 10.4. The van der Waals surface area contributed by atoms with Crippen molar-refractivity contribution in [1.82, 2.24) is 9.97 Å². The molecule has 3 aromatic rings. The van der Waals surface area contributed by atoms with Crippen LogP contribution in [0.5, 0.6) is 0 Å². The first kappa shape index (κ1) is 22.7. The molecule has 6 nitrogen and oxygen atoms in total. The predicted octanol–water partition coefficient (Wildman–Crippen LogP) is 4.74. The summed E-state index contributed by atoms with van der Waals surface area (Å²) < 4.78 is 29.0. The lowest BCUT2D eigenvalue weighted by molar-refractivity contribution is -0.115. The molecule has 0 saturated carbocycles. The molecule has 2 N–H and O–H groups in total. The van der Waals surface area contributed by atoms with E-state index in [1.807, 2.05) is 13.8 Å². The van der Waals surface area contributed by atoms with Crippen molar-refractivity contribution < 1.29 is 13.6 Å². The number of fused-ring (bicyclic) bond motifs is 1.